The van der Waals surface area contributed by atoms with Crippen molar-refractivity contribution in [2.24, 2.45) is 5.92 Å². The first kappa shape index (κ1) is 18.4. The zero-order valence-electron chi connectivity index (χ0n) is 13.6. The van der Waals surface area contributed by atoms with Crippen LogP contribution in [0.5, 0.6) is 5.75 Å². The standard InChI is InChI=1S/C17H24Cl2N2O2/c1-12(23-15-5-3-4-14(18)16(15)19)17(22)21-10-7-13(8-11-21)6-9-20-2/h3-5,12-13,20H,6-11H2,1-2H3. The van der Waals surface area contributed by atoms with Gasteiger partial charge in [-0.25, -0.2) is 0 Å². The van der Waals surface area contributed by atoms with Crippen molar-refractivity contribution in [3.63, 3.8) is 0 Å². The number of nitrogens with one attached hydrogen (secondary N) is 1. The lowest BCUT2D eigenvalue weighted by molar-refractivity contribution is -0.139. The largest absolute Gasteiger partial charge is 0.479 e. The predicted molar refractivity (Wildman–Crippen MR) is 94.4 cm³/mol. The summed E-state index contributed by atoms with van der Waals surface area (Å²) in [5.74, 6) is 1.15. The van der Waals surface area contributed by atoms with Gasteiger partial charge >= 0.3 is 0 Å². The van der Waals surface area contributed by atoms with Gasteiger partial charge in [0.25, 0.3) is 5.91 Å². The Balaban J connectivity index is 1.87. The lowest BCUT2D eigenvalue weighted by Crippen LogP contribution is -2.45. The number of amides is 1. The number of ether oxygens (including phenoxy) is 1. The van der Waals surface area contributed by atoms with Crippen LogP contribution < -0.4 is 10.1 Å². The molecule has 1 aliphatic rings. The van der Waals surface area contributed by atoms with Gasteiger partial charge in [-0.2, -0.15) is 0 Å². The molecule has 1 saturated heterocycles. The average Bonchev–Trinajstić information content (AvgIpc) is 2.57. The zero-order valence-corrected chi connectivity index (χ0v) is 15.2. The Morgan fingerprint density at radius 1 is 1.39 bits per heavy atom. The summed E-state index contributed by atoms with van der Waals surface area (Å²) in [5, 5.41) is 3.95. The van der Waals surface area contributed by atoms with E-state index in [-0.39, 0.29) is 5.91 Å². The van der Waals surface area contributed by atoms with E-state index >= 15 is 0 Å². The normalized spacial score (nSPS) is 17.1. The molecule has 6 heteroatoms. The lowest BCUT2D eigenvalue weighted by atomic mass is 9.93. The number of carbonyl (C=O) groups excluding carboxylic acids is 1. The summed E-state index contributed by atoms with van der Waals surface area (Å²) in [6, 6.07) is 5.18. The fourth-order valence-electron chi connectivity index (χ4n) is 2.86. The van der Waals surface area contributed by atoms with Gasteiger partial charge in [-0.1, -0.05) is 29.3 Å². The van der Waals surface area contributed by atoms with Crippen LogP contribution in [0, 0.1) is 5.92 Å². The summed E-state index contributed by atoms with van der Waals surface area (Å²) in [6.07, 6.45) is 2.71. The Morgan fingerprint density at radius 2 is 2.09 bits per heavy atom. The van der Waals surface area contributed by atoms with E-state index in [1.807, 2.05) is 11.9 Å². The fraction of sp³-hybridized carbons (Fsp3) is 0.588. The Kier molecular flexibility index (Phi) is 7.00. The van der Waals surface area contributed by atoms with Crippen molar-refractivity contribution in [1.29, 1.82) is 0 Å². The quantitative estimate of drug-likeness (QED) is 0.844. The Bertz CT molecular complexity index is 531. The molecule has 1 amide bonds. The Hall–Kier alpha value is -0.970. The van der Waals surface area contributed by atoms with Crippen molar-refractivity contribution in [3.8, 4) is 5.75 Å². The smallest absolute Gasteiger partial charge is 0.263 e. The number of piperidine rings is 1. The first-order chi connectivity index (χ1) is 11.0. The molecule has 0 spiro atoms. The number of likely N-dealkylation sites (tertiary alicyclic amines) is 1. The van der Waals surface area contributed by atoms with Gasteiger partial charge < -0.3 is 15.0 Å². The molecule has 1 aliphatic heterocycles. The number of hydrogen-bond acceptors (Lipinski definition) is 3. The molecule has 2 rings (SSSR count). The molecule has 0 radical (unpaired) electrons. The molecular weight excluding hydrogens is 335 g/mol. The summed E-state index contributed by atoms with van der Waals surface area (Å²) in [5.41, 5.74) is 0. The van der Waals surface area contributed by atoms with Crippen LogP contribution in [-0.2, 0) is 4.79 Å². The number of carbonyl (C=O) groups is 1. The van der Waals surface area contributed by atoms with Crippen molar-refractivity contribution in [1.82, 2.24) is 10.2 Å². The second-order valence-corrected chi connectivity index (χ2v) is 6.76. The molecule has 1 N–H and O–H groups in total. The highest BCUT2D eigenvalue weighted by Crippen LogP contribution is 2.32. The molecule has 1 unspecified atom stereocenters. The van der Waals surface area contributed by atoms with E-state index in [0.29, 0.717) is 21.7 Å². The van der Waals surface area contributed by atoms with Crippen LogP contribution in [0.15, 0.2) is 18.2 Å². The molecule has 23 heavy (non-hydrogen) atoms. The molecule has 1 atom stereocenters. The SMILES string of the molecule is CNCCC1CCN(C(=O)C(C)Oc2cccc(Cl)c2Cl)CC1. The van der Waals surface area contributed by atoms with E-state index in [2.05, 4.69) is 5.32 Å². The molecule has 0 aromatic heterocycles. The zero-order chi connectivity index (χ0) is 16.8. The summed E-state index contributed by atoms with van der Waals surface area (Å²) in [4.78, 5) is 14.4. The maximum absolute atomic E-state index is 12.5. The van der Waals surface area contributed by atoms with Gasteiger partial charge in [0.1, 0.15) is 10.8 Å². The molecule has 1 heterocycles. The number of benzene rings is 1. The average molecular weight is 359 g/mol. The molecular formula is C17H24Cl2N2O2. The van der Waals surface area contributed by atoms with Gasteiger partial charge in [0.15, 0.2) is 6.10 Å². The number of rotatable bonds is 6. The summed E-state index contributed by atoms with van der Waals surface area (Å²) < 4.78 is 5.72. The third-order valence-corrected chi connectivity index (χ3v) is 5.10. The minimum Gasteiger partial charge on any atom is -0.479 e. The molecule has 1 fully saturated rings. The van der Waals surface area contributed by atoms with Crippen molar-refractivity contribution < 1.29 is 9.53 Å². The topological polar surface area (TPSA) is 41.6 Å². The van der Waals surface area contributed by atoms with E-state index in [9.17, 15) is 4.79 Å². The van der Waals surface area contributed by atoms with Gasteiger partial charge in [-0.05, 0) is 57.8 Å². The summed E-state index contributed by atoms with van der Waals surface area (Å²) in [6.45, 7) is 4.38. The minimum absolute atomic E-state index is 0.00751. The van der Waals surface area contributed by atoms with Crippen LogP contribution in [0.25, 0.3) is 0 Å². The predicted octanol–water partition coefficient (Wildman–Crippen LogP) is 3.61. The number of nitrogens with zero attached hydrogens (tertiary/aromatic N) is 1. The van der Waals surface area contributed by atoms with E-state index < -0.39 is 6.10 Å². The number of hydrogen-bond donors (Lipinski definition) is 1. The molecule has 0 aliphatic carbocycles. The maximum atomic E-state index is 12.5. The minimum atomic E-state index is -0.570. The molecule has 0 saturated carbocycles. The molecule has 4 nitrogen and oxygen atoms in total. The second-order valence-electron chi connectivity index (χ2n) is 5.97. The van der Waals surface area contributed by atoms with Crippen LogP contribution in [0.4, 0.5) is 0 Å². The molecule has 1 aromatic carbocycles. The van der Waals surface area contributed by atoms with Crippen LogP contribution in [0.2, 0.25) is 10.0 Å². The van der Waals surface area contributed by atoms with Crippen molar-refractivity contribution in [2.75, 3.05) is 26.7 Å². The Labute approximate surface area is 148 Å². The van der Waals surface area contributed by atoms with Crippen molar-refractivity contribution in [2.45, 2.75) is 32.3 Å². The van der Waals surface area contributed by atoms with E-state index in [1.165, 1.54) is 6.42 Å². The monoisotopic (exact) mass is 358 g/mol. The Morgan fingerprint density at radius 3 is 2.74 bits per heavy atom. The maximum Gasteiger partial charge on any atom is 0.263 e. The first-order valence-electron chi connectivity index (χ1n) is 8.07. The molecule has 1 aromatic rings. The van der Waals surface area contributed by atoms with Gasteiger partial charge in [0, 0.05) is 13.1 Å². The van der Waals surface area contributed by atoms with Crippen LogP contribution in [-0.4, -0.2) is 43.6 Å². The summed E-state index contributed by atoms with van der Waals surface area (Å²) in [7, 11) is 1.97. The van der Waals surface area contributed by atoms with Crippen LogP contribution >= 0.6 is 23.2 Å². The molecule has 0 bridgehead atoms. The van der Waals surface area contributed by atoms with E-state index in [0.717, 1.165) is 32.5 Å². The first-order valence-corrected chi connectivity index (χ1v) is 8.82. The van der Waals surface area contributed by atoms with Crippen LogP contribution in [0.1, 0.15) is 26.2 Å². The van der Waals surface area contributed by atoms with Gasteiger partial charge in [-0.3, -0.25) is 4.79 Å². The third-order valence-electron chi connectivity index (χ3n) is 4.30. The highest BCUT2D eigenvalue weighted by atomic mass is 35.5. The fourth-order valence-corrected chi connectivity index (χ4v) is 3.20. The van der Waals surface area contributed by atoms with E-state index in [4.69, 9.17) is 27.9 Å². The molecule has 128 valence electrons. The lowest BCUT2D eigenvalue weighted by Gasteiger charge is -2.33. The highest BCUT2D eigenvalue weighted by Gasteiger charge is 2.27. The van der Waals surface area contributed by atoms with Gasteiger partial charge in [0.2, 0.25) is 0 Å². The van der Waals surface area contributed by atoms with Gasteiger partial charge in [0.05, 0.1) is 5.02 Å². The highest BCUT2D eigenvalue weighted by molar-refractivity contribution is 6.42. The van der Waals surface area contributed by atoms with Crippen molar-refractivity contribution >= 4 is 29.1 Å². The van der Waals surface area contributed by atoms with Crippen molar-refractivity contribution in [3.05, 3.63) is 28.2 Å². The number of halogens is 2. The third kappa shape index (κ3) is 5.00. The second kappa shape index (κ2) is 8.76. The summed E-state index contributed by atoms with van der Waals surface area (Å²) >= 11 is 12.1. The van der Waals surface area contributed by atoms with Gasteiger partial charge in [-0.15, -0.1) is 0 Å². The van der Waals surface area contributed by atoms with E-state index in [1.54, 1.807) is 25.1 Å². The van der Waals surface area contributed by atoms with Crippen LogP contribution in [0.3, 0.4) is 0 Å².